The summed E-state index contributed by atoms with van der Waals surface area (Å²) in [7, 11) is 0. The number of thiophene rings is 1. The van der Waals surface area contributed by atoms with Gasteiger partial charge < -0.3 is 21.2 Å². The van der Waals surface area contributed by atoms with Gasteiger partial charge in [0.25, 0.3) is 5.91 Å². The first-order chi connectivity index (χ1) is 13.1. The molecular formula is C18H12N6O2S. The second kappa shape index (κ2) is 6.44. The largest absolute Gasteiger partial charge is 0.464 e. The molecule has 132 valence electrons. The average molecular weight is 376 g/mol. The molecule has 0 bridgehead atoms. The molecule has 4 rings (SSSR count). The third kappa shape index (κ3) is 2.74. The highest BCUT2D eigenvalue weighted by atomic mass is 32.1. The number of hydrogen-bond donors (Lipinski definition) is 3. The Balaban J connectivity index is 1.91. The van der Waals surface area contributed by atoms with Crippen molar-refractivity contribution in [3.8, 4) is 17.4 Å². The van der Waals surface area contributed by atoms with Crippen LogP contribution in [0.5, 0.6) is 0 Å². The Hall–Kier alpha value is -3.90. The SMILES string of the molecule is N#Cc1c(N)nc2sc(C(=O)Nc3ccncc3)c(N)c2c1-c1ccco1. The molecule has 9 heteroatoms. The van der Waals surface area contributed by atoms with Crippen molar-refractivity contribution >= 4 is 44.7 Å². The van der Waals surface area contributed by atoms with Crippen molar-refractivity contribution in [1.29, 1.82) is 5.26 Å². The number of nitrogens with zero attached hydrogens (tertiary/aromatic N) is 3. The molecule has 4 heterocycles. The number of carbonyl (C=O) groups excluding carboxylic acids is 1. The lowest BCUT2D eigenvalue weighted by atomic mass is 10.0. The van der Waals surface area contributed by atoms with E-state index >= 15 is 0 Å². The second-order valence-electron chi connectivity index (χ2n) is 5.55. The van der Waals surface area contributed by atoms with Crippen molar-refractivity contribution in [3.05, 3.63) is 53.4 Å². The van der Waals surface area contributed by atoms with Gasteiger partial charge in [-0.05, 0) is 24.3 Å². The van der Waals surface area contributed by atoms with Crippen LogP contribution in [0.3, 0.4) is 0 Å². The van der Waals surface area contributed by atoms with E-state index in [0.717, 1.165) is 11.3 Å². The van der Waals surface area contributed by atoms with Crippen LogP contribution in [-0.4, -0.2) is 15.9 Å². The Labute approximate surface area is 157 Å². The predicted octanol–water partition coefficient (Wildman–Crippen LogP) is 3.24. The predicted molar refractivity (Wildman–Crippen MR) is 103 cm³/mol. The van der Waals surface area contributed by atoms with E-state index in [1.165, 1.54) is 6.26 Å². The maximum Gasteiger partial charge on any atom is 0.267 e. The van der Waals surface area contributed by atoms with Gasteiger partial charge in [0.05, 0.1) is 17.5 Å². The zero-order valence-corrected chi connectivity index (χ0v) is 14.6. The van der Waals surface area contributed by atoms with Crippen molar-refractivity contribution < 1.29 is 9.21 Å². The highest BCUT2D eigenvalue weighted by molar-refractivity contribution is 7.21. The molecule has 0 fully saturated rings. The minimum absolute atomic E-state index is 0.0544. The van der Waals surface area contributed by atoms with Crippen molar-refractivity contribution in [2.75, 3.05) is 16.8 Å². The summed E-state index contributed by atoms with van der Waals surface area (Å²) >= 11 is 1.10. The maximum atomic E-state index is 12.7. The normalized spacial score (nSPS) is 10.6. The first kappa shape index (κ1) is 16.6. The second-order valence-corrected chi connectivity index (χ2v) is 6.55. The smallest absolute Gasteiger partial charge is 0.267 e. The third-order valence-electron chi connectivity index (χ3n) is 3.93. The Morgan fingerprint density at radius 3 is 2.70 bits per heavy atom. The molecule has 0 atom stereocenters. The van der Waals surface area contributed by atoms with Crippen LogP contribution in [-0.2, 0) is 0 Å². The van der Waals surface area contributed by atoms with Gasteiger partial charge >= 0.3 is 0 Å². The fraction of sp³-hybridized carbons (Fsp3) is 0. The Kier molecular flexibility index (Phi) is 3.95. The third-order valence-corrected chi connectivity index (χ3v) is 5.03. The standard InChI is InChI=1S/C18H12N6O2S/c19-8-10-12(11-2-1-7-26-11)13-14(20)15(27-18(13)24-16(10)21)17(25)23-9-3-5-22-6-4-9/h1-7H,20H2,(H2,21,24)(H,22,23,25). The lowest BCUT2D eigenvalue weighted by molar-refractivity contribution is 0.103. The Bertz CT molecular complexity index is 1190. The first-order valence-electron chi connectivity index (χ1n) is 7.77. The molecule has 0 aliphatic heterocycles. The molecule has 27 heavy (non-hydrogen) atoms. The minimum atomic E-state index is -0.385. The molecule has 0 saturated heterocycles. The lowest BCUT2D eigenvalue weighted by Crippen LogP contribution is -2.11. The van der Waals surface area contributed by atoms with E-state index in [2.05, 4.69) is 15.3 Å². The van der Waals surface area contributed by atoms with E-state index in [1.807, 2.05) is 6.07 Å². The highest BCUT2D eigenvalue weighted by Crippen LogP contribution is 2.42. The molecule has 5 N–H and O–H groups in total. The molecule has 8 nitrogen and oxygen atoms in total. The summed E-state index contributed by atoms with van der Waals surface area (Å²) in [4.78, 5) is 21.6. The van der Waals surface area contributed by atoms with Crippen molar-refractivity contribution in [2.24, 2.45) is 0 Å². The number of furan rings is 1. The summed E-state index contributed by atoms with van der Waals surface area (Å²) in [6, 6.07) is 8.77. The molecule has 0 aliphatic carbocycles. The van der Waals surface area contributed by atoms with E-state index in [1.54, 1.807) is 36.7 Å². The van der Waals surface area contributed by atoms with Crippen LogP contribution in [0.25, 0.3) is 21.5 Å². The van der Waals surface area contributed by atoms with Crippen LogP contribution >= 0.6 is 11.3 Å². The van der Waals surface area contributed by atoms with Gasteiger partial charge in [0, 0.05) is 23.5 Å². The Morgan fingerprint density at radius 1 is 1.26 bits per heavy atom. The topological polar surface area (TPSA) is 144 Å². The molecular weight excluding hydrogens is 364 g/mol. The number of pyridine rings is 2. The summed E-state index contributed by atoms with van der Waals surface area (Å²) in [5, 5.41) is 12.8. The number of anilines is 3. The summed E-state index contributed by atoms with van der Waals surface area (Å²) in [6.45, 7) is 0. The van der Waals surface area contributed by atoms with Gasteiger partial charge in [-0.1, -0.05) is 0 Å². The van der Waals surface area contributed by atoms with Gasteiger partial charge in [0.2, 0.25) is 0 Å². The number of nitrogens with two attached hydrogens (primary N) is 2. The number of fused-ring (bicyclic) bond motifs is 1. The zero-order valence-electron chi connectivity index (χ0n) is 13.8. The number of hydrogen-bond acceptors (Lipinski definition) is 8. The van der Waals surface area contributed by atoms with E-state index in [4.69, 9.17) is 15.9 Å². The molecule has 0 saturated carbocycles. The number of rotatable bonds is 3. The molecule has 0 unspecified atom stereocenters. The number of nitrogen functional groups attached to an aromatic ring is 2. The molecule has 1 amide bonds. The van der Waals surface area contributed by atoms with Crippen LogP contribution < -0.4 is 16.8 Å². The summed E-state index contributed by atoms with van der Waals surface area (Å²) < 4.78 is 5.45. The fourth-order valence-corrected chi connectivity index (χ4v) is 3.75. The van der Waals surface area contributed by atoms with Gasteiger partial charge in [-0.3, -0.25) is 9.78 Å². The summed E-state index contributed by atoms with van der Waals surface area (Å²) in [5.41, 5.74) is 13.6. The zero-order chi connectivity index (χ0) is 19.0. The highest BCUT2D eigenvalue weighted by Gasteiger charge is 2.25. The van der Waals surface area contributed by atoms with Crippen molar-refractivity contribution in [2.45, 2.75) is 0 Å². The van der Waals surface area contributed by atoms with Crippen LogP contribution in [0.4, 0.5) is 17.2 Å². The molecule has 0 spiro atoms. The lowest BCUT2D eigenvalue weighted by Gasteiger charge is -2.07. The number of nitrogens with one attached hydrogen (secondary N) is 1. The van der Waals surface area contributed by atoms with Crippen LogP contribution in [0.2, 0.25) is 0 Å². The van der Waals surface area contributed by atoms with E-state index in [0.29, 0.717) is 27.2 Å². The van der Waals surface area contributed by atoms with Gasteiger partial charge in [-0.25, -0.2) is 4.98 Å². The van der Waals surface area contributed by atoms with Crippen LogP contribution in [0, 0.1) is 11.3 Å². The molecule has 4 aromatic heterocycles. The molecule has 0 radical (unpaired) electrons. The maximum absolute atomic E-state index is 12.7. The monoisotopic (exact) mass is 376 g/mol. The fourth-order valence-electron chi connectivity index (χ4n) is 2.74. The van der Waals surface area contributed by atoms with Crippen LogP contribution in [0.15, 0.2) is 47.3 Å². The van der Waals surface area contributed by atoms with Gasteiger partial charge in [-0.15, -0.1) is 11.3 Å². The van der Waals surface area contributed by atoms with Gasteiger partial charge in [-0.2, -0.15) is 5.26 Å². The number of carbonyl (C=O) groups is 1. The molecule has 4 aromatic rings. The van der Waals surface area contributed by atoms with E-state index in [-0.39, 0.29) is 27.9 Å². The summed E-state index contributed by atoms with van der Waals surface area (Å²) in [6.07, 6.45) is 4.62. The molecule has 0 aliphatic rings. The van der Waals surface area contributed by atoms with E-state index in [9.17, 15) is 10.1 Å². The van der Waals surface area contributed by atoms with Crippen molar-refractivity contribution in [1.82, 2.24) is 9.97 Å². The van der Waals surface area contributed by atoms with Gasteiger partial charge in [0.15, 0.2) is 0 Å². The first-order valence-corrected chi connectivity index (χ1v) is 8.58. The number of nitriles is 1. The minimum Gasteiger partial charge on any atom is -0.464 e. The summed E-state index contributed by atoms with van der Waals surface area (Å²) in [5.74, 6) is 0.0964. The molecule has 0 aromatic carbocycles. The van der Waals surface area contributed by atoms with E-state index < -0.39 is 0 Å². The Morgan fingerprint density at radius 2 is 2.04 bits per heavy atom. The average Bonchev–Trinajstić information content (AvgIpc) is 3.30. The van der Waals surface area contributed by atoms with Crippen LogP contribution in [0.1, 0.15) is 15.2 Å². The van der Waals surface area contributed by atoms with Gasteiger partial charge in [0.1, 0.15) is 32.9 Å². The number of amides is 1. The quantitative estimate of drug-likeness (QED) is 0.498. The number of aromatic nitrogens is 2. The van der Waals surface area contributed by atoms with Crippen molar-refractivity contribution in [3.63, 3.8) is 0 Å².